The molecular weight excluding hydrogens is 344 g/mol. The second-order valence-electron chi connectivity index (χ2n) is 4.95. The van der Waals surface area contributed by atoms with Crippen LogP contribution in [0.2, 0.25) is 0 Å². The average molecular weight is 361 g/mol. The molecule has 0 fully saturated rings. The Morgan fingerprint density at radius 1 is 1.05 bits per heavy atom. The van der Waals surface area contributed by atoms with Crippen LogP contribution in [0.25, 0.3) is 0 Å². The van der Waals surface area contributed by atoms with Crippen LogP contribution in [0, 0.1) is 6.92 Å². The summed E-state index contributed by atoms with van der Waals surface area (Å²) in [6.45, 7) is 1.72. The third kappa shape index (κ3) is 4.28. The molecule has 3 nitrogen and oxygen atoms in total. The summed E-state index contributed by atoms with van der Waals surface area (Å²) in [6.07, 6.45) is 0.910. The van der Waals surface area contributed by atoms with E-state index in [2.05, 4.69) is 15.9 Å². The minimum Gasteiger partial charge on any atom is -0.454 e. The van der Waals surface area contributed by atoms with Gasteiger partial charge in [-0.3, -0.25) is 4.79 Å². The second kappa shape index (κ2) is 7.90. The number of hydrogen-bond acceptors (Lipinski definition) is 3. The summed E-state index contributed by atoms with van der Waals surface area (Å²) >= 11 is 3.40. The van der Waals surface area contributed by atoms with Crippen LogP contribution in [0.4, 0.5) is 0 Å². The van der Waals surface area contributed by atoms with E-state index >= 15 is 0 Å². The Labute approximate surface area is 138 Å². The van der Waals surface area contributed by atoms with Gasteiger partial charge in [0.15, 0.2) is 12.4 Å². The van der Waals surface area contributed by atoms with Crippen LogP contribution in [-0.2, 0) is 11.2 Å². The van der Waals surface area contributed by atoms with Crippen LogP contribution >= 0.6 is 15.9 Å². The lowest BCUT2D eigenvalue weighted by atomic mass is 10.0. The maximum atomic E-state index is 12.0. The van der Waals surface area contributed by atoms with Gasteiger partial charge in [-0.05, 0) is 36.6 Å². The molecule has 0 aliphatic carbocycles. The van der Waals surface area contributed by atoms with Crippen molar-refractivity contribution < 1.29 is 14.3 Å². The molecule has 2 rings (SSSR count). The van der Waals surface area contributed by atoms with Crippen LogP contribution in [0.5, 0.6) is 0 Å². The van der Waals surface area contributed by atoms with Gasteiger partial charge in [-0.15, -0.1) is 0 Å². The van der Waals surface area contributed by atoms with E-state index in [1.807, 2.05) is 19.1 Å². The molecule has 0 saturated carbocycles. The van der Waals surface area contributed by atoms with Gasteiger partial charge >= 0.3 is 5.97 Å². The highest BCUT2D eigenvalue weighted by Gasteiger charge is 2.12. The molecule has 0 saturated heterocycles. The Hall–Kier alpha value is -1.94. The lowest BCUT2D eigenvalue weighted by Gasteiger charge is -2.08. The molecular formula is C18H17BrO3. The number of carbonyl (C=O) groups excluding carboxylic acids is 2. The summed E-state index contributed by atoms with van der Waals surface area (Å²) in [5, 5.41) is 0.878. The fourth-order valence-corrected chi connectivity index (χ4v) is 2.55. The molecule has 0 aromatic heterocycles. The fraction of sp³-hybridized carbons (Fsp3) is 0.222. The molecule has 114 valence electrons. The summed E-state index contributed by atoms with van der Waals surface area (Å²) in [5.41, 5.74) is 3.24. The Morgan fingerprint density at radius 3 is 2.41 bits per heavy atom. The van der Waals surface area contributed by atoms with Crippen LogP contribution in [0.15, 0.2) is 48.5 Å². The lowest BCUT2D eigenvalue weighted by molar-refractivity contribution is 0.0474. The molecule has 0 heterocycles. The van der Waals surface area contributed by atoms with Gasteiger partial charge in [0.1, 0.15) is 0 Å². The fourth-order valence-electron chi connectivity index (χ4n) is 2.13. The zero-order valence-electron chi connectivity index (χ0n) is 12.3. The van der Waals surface area contributed by atoms with Crippen molar-refractivity contribution in [2.45, 2.75) is 13.3 Å². The largest absolute Gasteiger partial charge is 0.454 e. The Bertz CT molecular complexity index is 665. The van der Waals surface area contributed by atoms with Crippen molar-refractivity contribution in [1.82, 2.24) is 0 Å². The molecule has 0 spiro atoms. The number of Topliss-reactive ketones (excluding diaryl/α,β-unsaturated/α-hetero) is 1. The number of hydrogen-bond donors (Lipinski definition) is 0. The van der Waals surface area contributed by atoms with E-state index in [4.69, 9.17) is 4.74 Å². The van der Waals surface area contributed by atoms with Gasteiger partial charge in [0, 0.05) is 10.9 Å². The minimum atomic E-state index is -0.474. The van der Waals surface area contributed by atoms with E-state index in [1.54, 1.807) is 36.4 Å². The average Bonchev–Trinajstić information content (AvgIpc) is 2.55. The van der Waals surface area contributed by atoms with Crippen LogP contribution < -0.4 is 0 Å². The SMILES string of the molecule is Cc1cc(C(=O)OCC(=O)c2ccccc2)ccc1CCBr. The molecule has 0 atom stereocenters. The van der Waals surface area contributed by atoms with Gasteiger partial charge in [0.2, 0.25) is 0 Å². The number of alkyl halides is 1. The molecule has 0 N–H and O–H groups in total. The third-order valence-electron chi connectivity index (χ3n) is 3.37. The summed E-state index contributed by atoms with van der Waals surface area (Å²) in [6, 6.07) is 14.3. The predicted molar refractivity (Wildman–Crippen MR) is 89.7 cm³/mol. The summed E-state index contributed by atoms with van der Waals surface area (Å²) < 4.78 is 5.10. The molecule has 2 aromatic carbocycles. The first-order valence-electron chi connectivity index (χ1n) is 7.02. The van der Waals surface area contributed by atoms with Crippen molar-refractivity contribution >= 4 is 27.7 Å². The third-order valence-corrected chi connectivity index (χ3v) is 3.77. The van der Waals surface area contributed by atoms with E-state index < -0.39 is 5.97 Å². The van der Waals surface area contributed by atoms with Crippen molar-refractivity contribution in [2.24, 2.45) is 0 Å². The first-order chi connectivity index (χ1) is 10.6. The standard InChI is InChI=1S/C18H17BrO3/c1-13-11-16(8-7-14(13)9-10-19)18(21)22-12-17(20)15-5-3-2-4-6-15/h2-8,11H,9-10,12H2,1H3. The number of ketones is 1. The molecule has 2 aromatic rings. The lowest BCUT2D eigenvalue weighted by Crippen LogP contribution is -2.14. The zero-order valence-corrected chi connectivity index (χ0v) is 13.9. The van der Waals surface area contributed by atoms with E-state index in [1.165, 1.54) is 5.56 Å². The smallest absolute Gasteiger partial charge is 0.338 e. The normalized spacial score (nSPS) is 10.3. The van der Waals surface area contributed by atoms with Gasteiger partial charge in [-0.2, -0.15) is 0 Å². The number of ether oxygens (including phenoxy) is 1. The minimum absolute atomic E-state index is 0.207. The van der Waals surface area contributed by atoms with Gasteiger partial charge < -0.3 is 4.74 Å². The highest BCUT2D eigenvalue weighted by atomic mass is 79.9. The molecule has 0 amide bonds. The van der Waals surface area contributed by atoms with Crippen LogP contribution in [0.1, 0.15) is 31.8 Å². The maximum absolute atomic E-state index is 12.0. The van der Waals surface area contributed by atoms with Crippen molar-refractivity contribution in [1.29, 1.82) is 0 Å². The molecule has 0 radical (unpaired) electrons. The van der Waals surface area contributed by atoms with E-state index in [9.17, 15) is 9.59 Å². The van der Waals surface area contributed by atoms with Gasteiger partial charge in [0.25, 0.3) is 0 Å². The molecule has 22 heavy (non-hydrogen) atoms. The van der Waals surface area contributed by atoms with Crippen molar-refractivity contribution in [3.05, 3.63) is 70.8 Å². The Morgan fingerprint density at radius 2 is 1.77 bits per heavy atom. The van der Waals surface area contributed by atoms with Gasteiger partial charge in [-0.25, -0.2) is 4.79 Å². The molecule has 0 bridgehead atoms. The maximum Gasteiger partial charge on any atom is 0.338 e. The summed E-state index contributed by atoms with van der Waals surface area (Å²) in [7, 11) is 0. The van der Waals surface area contributed by atoms with Crippen molar-refractivity contribution in [3.8, 4) is 0 Å². The first kappa shape index (κ1) is 16.4. The molecule has 4 heteroatoms. The summed E-state index contributed by atoms with van der Waals surface area (Å²) in [4.78, 5) is 23.9. The van der Waals surface area contributed by atoms with Crippen LogP contribution in [0.3, 0.4) is 0 Å². The Balaban J connectivity index is 1.98. The topological polar surface area (TPSA) is 43.4 Å². The predicted octanol–water partition coefficient (Wildman–Crippen LogP) is 3.97. The van der Waals surface area contributed by atoms with E-state index in [0.29, 0.717) is 11.1 Å². The van der Waals surface area contributed by atoms with Crippen molar-refractivity contribution in [3.63, 3.8) is 0 Å². The highest BCUT2D eigenvalue weighted by Crippen LogP contribution is 2.14. The number of aryl methyl sites for hydroxylation is 2. The van der Waals surface area contributed by atoms with Crippen LogP contribution in [-0.4, -0.2) is 23.7 Å². The number of carbonyl (C=O) groups is 2. The van der Waals surface area contributed by atoms with Gasteiger partial charge in [0.05, 0.1) is 5.56 Å². The van der Waals surface area contributed by atoms with E-state index in [0.717, 1.165) is 17.3 Å². The molecule has 0 aliphatic rings. The van der Waals surface area contributed by atoms with Gasteiger partial charge in [-0.1, -0.05) is 52.3 Å². The van der Waals surface area contributed by atoms with E-state index in [-0.39, 0.29) is 12.4 Å². The first-order valence-corrected chi connectivity index (χ1v) is 8.15. The quantitative estimate of drug-likeness (QED) is 0.444. The zero-order chi connectivity index (χ0) is 15.9. The second-order valence-corrected chi connectivity index (χ2v) is 5.74. The number of halogens is 1. The number of benzene rings is 2. The number of rotatable bonds is 6. The summed E-state index contributed by atoms with van der Waals surface area (Å²) in [5.74, 6) is -0.681. The number of esters is 1. The highest BCUT2D eigenvalue weighted by molar-refractivity contribution is 9.09. The van der Waals surface area contributed by atoms with Crippen molar-refractivity contribution in [2.75, 3.05) is 11.9 Å². The molecule has 0 aliphatic heterocycles. The Kier molecular flexibility index (Phi) is 5.90. The molecule has 0 unspecified atom stereocenters. The monoisotopic (exact) mass is 360 g/mol.